The van der Waals surface area contributed by atoms with E-state index in [-0.39, 0.29) is 35.7 Å². The minimum Gasteiger partial charge on any atom is -0.494 e. The van der Waals surface area contributed by atoms with Crippen molar-refractivity contribution in [1.29, 1.82) is 0 Å². The van der Waals surface area contributed by atoms with Crippen molar-refractivity contribution >= 4 is 46.2 Å². The number of anilines is 1. The molecule has 14 heteroatoms. The van der Waals surface area contributed by atoms with Gasteiger partial charge >= 0.3 is 12.3 Å². The summed E-state index contributed by atoms with van der Waals surface area (Å²) in [7, 11) is 1.32. The zero-order chi connectivity index (χ0) is 33.6. The molecule has 2 atom stereocenters. The Morgan fingerprint density at radius 2 is 1.79 bits per heavy atom. The lowest BCUT2D eigenvalue weighted by Gasteiger charge is -2.16. The summed E-state index contributed by atoms with van der Waals surface area (Å²) >= 11 is 1.06. The Morgan fingerprint density at radius 1 is 1.04 bits per heavy atom. The van der Waals surface area contributed by atoms with E-state index in [2.05, 4.69) is 15.6 Å². The van der Waals surface area contributed by atoms with Crippen molar-refractivity contribution in [1.82, 2.24) is 10.2 Å². The van der Waals surface area contributed by atoms with Crippen molar-refractivity contribution in [3.05, 3.63) is 114 Å². The van der Waals surface area contributed by atoms with E-state index in [4.69, 9.17) is 13.9 Å². The zero-order valence-electron chi connectivity index (χ0n) is 25.1. The van der Waals surface area contributed by atoms with Crippen LogP contribution in [0.25, 0.3) is 0 Å². The molecule has 47 heavy (non-hydrogen) atoms. The summed E-state index contributed by atoms with van der Waals surface area (Å²) < 4.78 is 56.2. The first-order valence-electron chi connectivity index (χ1n) is 14.2. The molecule has 4 aromatic rings. The van der Waals surface area contributed by atoms with Gasteiger partial charge in [-0.25, -0.2) is 9.79 Å². The second-order valence-corrected chi connectivity index (χ2v) is 11.4. The number of carbonyl (C=O) groups is 3. The molecule has 1 fully saturated rings. The van der Waals surface area contributed by atoms with E-state index in [0.717, 1.165) is 29.5 Å². The van der Waals surface area contributed by atoms with Crippen molar-refractivity contribution in [2.75, 3.05) is 12.4 Å². The average molecular weight is 667 g/mol. The highest BCUT2D eigenvalue weighted by molar-refractivity contribution is 8.15. The number of alkyl carbamates (subject to hydrolysis) is 1. The first kappa shape index (κ1) is 33.1. The number of amides is 3. The van der Waals surface area contributed by atoms with Gasteiger partial charge in [0.05, 0.1) is 25.5 Å². The molecule has 1 aliphatic heterocycles. The maximum absolute atomic E-state index is 13.7. The van der Waals surface area contributed by atoms with Gasteiger partial charge in [-0.1, -0.05) is 54.2 Å². The van der Waals surface area contributed by atoms with Crippen LogP contribution in [0.15, 0.2) is 101 Å². The number of halogens is 3. The molecule has 1 unspecified atom stereocenters. The predicted molar refractivity (Wildman–Crippen MR) is 169 cm³/mol. The third kappa shape index (κ3) is 8.33. The lowest BCUT2D eigenvalue weighted by atomic mass is 10.1. The van der Waals surface area contributed by atoms with Gasteiger partial charge in [-0.05, 0) is 60.5 Å². The van der Waals surface area contributed by atoms with E-state index in [9.17, 15) is 27.6 Å². The second-order valence-electron chi connectivity index (χ2n) is 10.3. The van der Waals surface area contributed by atoms with E-state index in [1.165, 1.54) is 31.3 Å². The van der Waals surface area contributed by atoms with E-state index < -0.39 is 35.0 Å². The lowest BCUT2D eigenvalue weighted by molar-refractivity contribution is -0.137. The third-order valence-electron chi connectivity index (χ3n) is 6.98. The summed E-state index contributed by atoms with van der Waals surface area (Å²) in [5.74, 6) is -0.296. The fourth-order valence-electron chi connectivity index (χ4n) is 4.51. The molecule has 0 bridgehead atoms. The number of benzene rings is 3. The van der Waals surface area contributed by atoms with Gasteiger partial charge in [0, 0.05) is 5.69 Å². The van der Waals surface area contributed by atoms with Crippen LogP contribution in [0.4, 0.5) is 29.3 Å². The van der Waals surface area contributed by atoms with Crippen molar-refractivity contribution in [2.45, 2.75) is 37.5 Å². The van der Waals surface area contributed by atoms with Gasteiger partial charge in [-0.3, -0.25) is 14.5 Å². The summed E-state index contributed by atoms with van der Waals surface area (Å²) in [4.78, 5) is 44.3. The predicted octanol–water partition coefficient (Wildman–Crippen LogP) is 7.06. The van der Waals surface area contributed by atoms with E-state index in [0.29, 0.717) is 17.0 Å². The smallest absolute Gasteiger partial charge is 0.416 e. The van der Waals surface area contributed by atoms with Crippen LogP contribution in [-0.2, 0) is 33.7 Å². The van der Waals surface area contributed by atoms with Gasteiger partial charge in [0.2, 0.25) is 11.8 Å². The molecule has 3 aromatic carbocycles. The molecule has 1 aromatic heterocycles. The lowest BCUT2D eigenvalue weighted by Crippen LogP contribution is -2.41. The zero-order valence-corrected chi connectivity index (χ0v) is 25.9. The van der Waals surface area contributed by atoms with Crippen LogP contribution in [0, 0.1) is 0 Å². The number of ether oxygens (including phenoxy) is 2. The van der Waals surface area contributed by atoms with Gasteiger partial charge in [-0.2, -0.15) is 13.2 Å². The molecule has 0 radical (unpaired) electrons. The van der Waals surface area contributed by atoms with Crippen LogP contribution in [0.3, 0.4) is 0 Å². The molecule has 0 aliphatic carbocycles. The number of nitrogens with one attached hydrogen (secondary N) is 2. The largest absolute Gasteiger partial charge is 0.494 e. The fourth-order valence-corrected chi connectivity index (χ4v) is 5.68. The third-order valence-corrected chi connectivity index (χ3v) is 8.21. The number of methoxy groups -OCH3 is 1. The van der Waals surface area contributed by atoms with Crippen molar-refractivity contribution in [3.63, 3.8) is 0 Å². The van der Waals surface area contributed by atoms with E-state index >= 15 is 0 Å². The molecule has 1 aliphatic rings. The number of aliphatic imine (C=N–C) groups is 1. The van der Waals surface area contributed by atoms with Gasteiger partial charge in [0.1, 0.15) is 35.1 Å². The Kier molecular flexibility index (Phi) is 10.2. The molecular weight excluding hydrogens is 637 g/mol. The standard InChI is InChI=1S/C33H29F3N4O6S/c1-20(37-32(43)46-19-21-7-4-3-5-8-21)29(41)38-24-13-10-22(11-14-24)28-30(42)40(18-25-9-6-16-45-25)31(47-28)39-26-17-23(33(34,35)36)12-15-27(26)44-2/h3-17,20,28H,18-19H2,1-2H3,(H,37,43)(H,38,41)/b39-31-/t20-,28?/m0/s1. The Balaban J connectivity index is 1.29. The number of thioether (sulfide) groups is 1. The van der Waals surface area contributed by atoms with Crippen LogP contribution < -0.4 is 15.4 Å². The first-order chi connectivity index (χ1) is 22.5. The Bertz CT molecular complexity index is 1750. The van der Waals surface area contributed by atoms with Crippen LogP contribution in [0.5, 0.6) is 5.75 Å². The topological polar surface area (TPSA) is 122 Å². The molecule has 2 heterocycles. The normalized spacial score (nSPS) is 16.2. The molecule has 2 N–H and O–H groups in total. The number of nitrogens with zero attached hydrogens (tertiary/aromatic N) is 2. The maximum atomic E-state index is 13.7. The molecule has 10 nitrogen and oxygen atoms in total. The van der Waals surface area contributed by atoms with Crippen molar-refractivity contribution in [2.24, 2.45) is 4.99 Å². The van der Waals surface area contributed by atoms with Crippen molar-refractivity contribution < 1.29 is 41.4 Å². The highest BCUT2D eigenvalue weighted by atomic mass is 32.2. The Labute approximate surface area is 271 Å². The SMILES string of the molecule is COc1ccc(C(F)(F)F)cc1/N=C1\SC(c2ccc(NC(=O)[C@H](C)NC(=O)OCc3ccccc3)cc2)C(=O)N1Cc1ccco1. The molecule has 1 saturated heterocycles. The van der Waals surface area contributed by atoms with Crippen LogP contribution in [-0.4, -0.2) is 41.1 Å². The monoisotopic (exact) mass is 666 g/mol. The average Bonchev–Trinajstić information content (AvgIpc) is 3.68. The van der Waals surface area contributed by atoms with E-state index in [1.807, 2.05) is 30.3 Å². The number of hydrogen-bond acceptors (Lipinski definition) is 8. The molecule has 5 rings (SSSR count). The van der Waals surface area contributed by atoms with Crippen LogP contribution >= 0.6 is 11.8 Å². The molecular formula is C33H29F3N4O6S. The highest BCUT2D eigenvalue weighted by Gasteiger charge is 2.40. The fraction of sp³-hybridized carbons (Fsp3) is 0.212. The number of hydrogen-bond donors (Lipinski definition) is 2. The van der Waals surface area contributed by atoms with Gasteiger partial charge in [-0.15, -0.1) is 0 Å². The van der Waals surface area contributed by atoms with Gasteiger partial charge in [0.15, 0.2) is 5.17 Å². The first-order valence-corrected chi connectivity index (χ1v) is 15.1. The molecule has 0 spiro atoms. The Morgan fingerprint density at radius 3 is 2.45 bits per heavy atom. The van der Waals surface area contributed by atoms with Crippen LogP contribution in [0.1, 0.15) is 34.6 Å². The summed E-state index contributed by atoms with van der Waals surface area (Å²) in [6.07, 6.45) is -3.90. The number of furan rings is 1. The molecule has 244 valence electrons. The summed E-state index contributed by atoms with van der Waals surface area (Å²) in [5.41, 5.74) is 0.784. The molecule has 0 saturated carbocycles. The van der Waals surface area contributed by atoms with Gasteiger partial charge < -0.3 is 24.5 Å². The maximum Gasteiger partial charge on any atom is 0.416 e. The second kappa shape index (κ2) is 14.5. The summed E-state index contributed by atoms with van der Waals surface area (Å²) in [6.45, 7) is 1.57. The highest BCUT2D eigenvalue weighted by Crippen LogP contribution is 2.43. The summed E-state index contributed by atoms with van der Waals surface area (Å²) in [6, 6.07) is 21.0. The van der Waals surface area contributed by atoms with Crippen LogP contribution in [0.2, 0.25) is 0 Å². The van der Waals surface area contributed by atoms with Gasteiger partial charge in [0.25, 0.3) is 0 Å². The van der Waals surface area contributed by atoms with Crippen molar-refractivity contribution in [3.8, 4) is 5.75 Å². The van der Waals surface area contributed by atoms with E-state index in [1.54, 1.807) is 36.4 Å². The number of carbonyl (C=O) groups excluding carboxylic acids is 3. The number of alkyl halides is 3. The summed E-state index contributed by atoms with van der Waals surface area (Å²) in [5, 5.41) is 4.56. The quantitative estimate of drug-likeness (QED) is 0.186. The number of rotatable bonds is 10. The molecule has 3 amide bonds. The Hall–Kier alpha value is -5.24. The minimum atomic E-state index is -4.60. The number of amidine groups is 1. The minimum absolute atomic E-state index is 0.00224.